The number of benzene rings is 1. The highest BCUT2D eigenvalue weighted by Gasteiger charge is 2.40. The lowest BCUT2D eigenvalue weighted by atomic mass is 9.99. The molecule has 0 N–H and O–H groups in total. The molecule has 1 aliphatic heterocycles. The van der Waals surface area contributed by atoms with Crippen LogP contribution < -0.4 is 4.90 Å². The molecule has 0 saturated heterocycles. The number of nitrogens with zero attached hydrogens (tertiary/aromatic N) is 6. The lowest BCUT2D eigenvalue weighted by Crippen LogP contribution is -2.48. The first kappa shape index (κ1) is 20.0. The van der Waals surface area contributed by atoms with Crippen LogP contribution >= 0.6 is 11.3 Å². The van der Waals surface area contributed by atoms with Crippen LogP contribution in [0.4, 0.5) is 10.8 Å². The van der Waals surface area contributed by atoms with Crippen LogP contribution in [0.25, 0.3) is 4.85 Å². The molecule has 10 nitrogen and oxygen atoms in total. The Kier molecular flexibility index (Phi) is 5.85. The van der Waals surface area contributed by atoms with Gasteiger partial charge in [-0.1, -0.05) is 18.3 Å². The van der Waals surface area contributed by atoms with Crippen LogP contribution in [0.2, 0.25) is 0 Å². The number of anilines is 1. The molecule has 0 radical (unpaired) electrons. The fraction of sp³-hybridized carbons (Fsp3) is 0.222. The second-order valence-corrected chi connectivity index (χ2v) is 6.54. The molecule has 3 rings (SSSR count). The van der Waals surface area contributed by atoms with Crippen LogP contribution in [0.15, 0.2) is 51.3 Å². The van der Waals surface area contributed by atoms with Crippen LogP contribution in [0.3, 0.4) is 0 Å². The molecular formula is C18H14N6O4S. The van der Waals surface area contributed by atoms with Gasteiger partial charge < -0.3 is 4.74 Å². The number of amides is 2. The zero-order valence-corrected chi connectivity index (χ0v) is 16.2. The van der Waals surface area contributed by atoms with E-state index in [0.29, 0.717) is 0 Å². The molecule has 2 amide bonds. The van der Waals surface area contributed by atoms with Crippen LogP contribution in [-0.4, -0.2) is 40.6 Å². The number of carbonyl (C=O) groups is 3. The highest BCUT2D eigenvalue weighted by Crippen LogP contribution is 2.30. The second-order valence-electron chi connectivity index (χ2n) is 5.73. The SMILES string of the molecule is [C-]#[N+]C1=C(C)C(N=Nc2nncs2)C(=O)N(c2ccc(C(=O)OCC)cc2)C1=O. The third-order valence-electron chi connectivity index (χ3n) is 4.00. The molecule has 1 unspecified atom stereocenters. The van der Waals surface area contributed by atoms with Crippen molar-refractivity contribution in [3.63, 3.8) is 0 Å². The third-order valence-corrected chi connectivity index (χ3v) is 4.57. The maximum atomic E-state index is 13.0. The van der Waals surface area contributed by atoms with Gasteiger partial charge in [0.25, 0.3) is 22.6 Å². The van der Waals surface area contributed by atoms with E-state index < -0.39 is 23.8 Å². The number of carbonyl (C=O) groups excluding carboxylic acids is 3. The topological polar surface area (TPSA) is 119 Å². The second kappa shape index (κ2) is 8.49. The number of esters is 1. The first-order valence-electron chi connectivity index (χ1n) is 8.38. The third kappa shape index (κ3) is 3.92. The van der Waals surface area contributed by atoms with E-state index in [-0.39, 0.29) is 34.3 Å². The predicted molar refractivity (Wildman–Crippen MR) is 102 cm³/mol. The van der Waals surface area contributed by atoms with Crippen molar-refractivity contribution in [3.05, 3.63) is 58.0 Å². The number of hydrogen-bond donors (Lipinski definition) is 0. The first-order valence-corrected chi connectivity index (χ1v) is 9.26. The molecule has 2 heterocycles. The summed E-state index contributed by atoms with van der Waals surface area (Å²) in [5.41, 5.74) is 1.95. The molecule has 0 fully saturated rings. The van der Waals surface area contributed by atoms with Gasteiger partial charge in [0, 0.05) is 0 Å². The molecule has 146 valence electrons. The van der Waals surface area contributed by atoms with Crippen molar-refractivity contribution < 1.29 is 19.1 Å². The van der Waals surface area contributed by atoms with E-state index in [9.17, 15) is 14.4 Å². The van der Waals surface area contributed by atoms with E-state index in [1.165, 1.54) is 36.7 Å². The summed E-state index contributed by atoms with van der Waals surface area (Å²) < 4.78 is 4.92. The number of rotatable bonds is 5. The molecule has 1 aromatic carbocycles. The van der Waals surface area contributed by atoms with E-state index in [1.54, 1.807) is 6.92 Å². The minimum Gasteiger partial charge on any atom is -0.462 e. The van der Waals surface area contributed by atoms with Gasteiger partial charge in [-0.3, -0.25) is 14.5 Å². The molecule has 2 aromatic rings. The number of hydrogen-bond acceptors (Lipinski definition) is 9. The van der Waals surface area contributed by atoms with E-state index in [0.717, 1.165) is 16.2 Å². The zero-order valence-electron chi connectivity index (χ0n) is 15.4. The number of azo groups is 1. The lowest BCUT2D eigenvalue weighted by Gasteiger charge is -2.29. The molecule has 0 aliphatic carbocycles. The molecular weight excluding hydrogens is 396 g/mol. The minimum absolute atomic E-state index is 0.206. The van der Waals surface area contributed by atoms with Gasteiger partial charge in [0.15, 0.2) is 6.04 Å². The monoisotopic (exact) mass is 410 g/mol. The number of ether oxygens (including phenoxy) is 1. The van der Waals surface area contributed by atoms with Gasteiger partial charge >= 0.3 is 5.97 Å². The summed E-state index contributed by atoms with van der Waals surface area (Å²) in [4.78, 5) is 41.6. The van der Waals surface area contributed by atoms with Gasteiger partial charge in [-0.25, -0.2) is 9.64 Å². The Labute approximate surface area is 169 Å². The molecule has 29 heavy (non-hydrogen) atoms. The highest BCUT2D eigenvalue weighted by molar-refractivity contribution is 7.13. The average molecular weight is 410 g/mol. The van der Waals surface area contributed by atoms with Gasteiger partial charge in [-0.05, 0) is 36.8 Å². The van der Waals surface area contributed by atoms with Crippen molar-refractivity contribution in [1.29, 1.82) is 0 Å². The Morgan fingerprint density at radius 3 is 2.66 bits per heavy atom. The van der Waals surface area contributed by atoms with Crippen LogP contribution in [0.1, 0.15) is 24.2 Å². The summed E-state index contributed by atoms with van der Waals surface area (Å²) in [6.45, 7) is 10.7. The van der Waals surface area contributed by atoms with Gasteiger partial charge in [0.05, 0.1) is 24.4 Å². The van der Waals surface area contributed by atoms with Gasteiger partial charge in [-0.15, -0.1) is 15.3 Å². The fourth-order valence-corrected chi connectivity index (χ4v) is 2.98. The molecule has 0 spiro atoms. The minimum atomic E-state index is -1.15. The number of imide groups is 1. The quantitative estimate of drug-likeness (QED) is 0.324. The fourth-order valence-electron chi connectivity index (χ4n) is 2.61. The summed E-state index contributed by atoms with van der Waals surface area (Å²) in [5, 5.41) is 15.5. The largest absolute Gasteiger partial charge is 0.462 e. The molecule has 11 heteroatoms. The van der Waals surface area contributed by atoms with Crippen molar-refractivity contribution in [1.82, 2.24) is 10.2 Å². The normalized spacial score (nSPS) is 17.0. The van der Waals surface area contributed by atoms with Crippen LogP contribution in [0.5, 0.6) is 0 Å². The van der Waals surface area contributed by atoms with E-state index >= 15 is 0 Å². The molecule has 0 saturated carbocycles. The molecule has 1 aliphatic rings. The standard InChI is InChI=1S/C18H14N6O4S/c1-4-28-17(27)11-5-7-12(8-6-11)24-15(25)13(19-3)10(2)14(16(24)26)21-23-18-22-20-9-29-18/h5-9,14H,4H2,1-2H3. The zero-order chi connectivity index (χ0) is 21.0. The molecule has 1 aromatic heterocycles. The van der Waals surface area contributed by atoms with Gasteiger partial charge in [-0.2, -0.15) is 5.11 Å². The summed E-state index contributed by atoms with van der Waals surface area (Å²) in [6.07, 6.45) is 0. The van der Waals surface area contributed by atoms with Gasteiger partial charge in [0.1, 0.15) is 5.51 Å². The van der Waals surface area contributed by atoms with E-state index in [4.69, 9.17) is 11.3 Å². The van der Waals surface area contributed by atoms with Crippen LogP contribution in [-0.2, 0) is 14.3 Å². The van der Waals surface area contributed by atoms with Crippen molar-refractivity contribution in [2.45, 2.75) is 19.9 Å². The Morgan fingerprint density at radius 2 is 2.07 bits per heavy atom. The van der Waals surface area contributed by atoms with Crippen molar-refractivity contribution in [3.8, 4) is 0 Å². The first-order chi connectivity index (χ1) is 14.0. The Morgan fingerprint density at radius 1 is 1.34 bits per heavy atom. The maximum Gasteiger partial charge on any atom is 0.338 e. The van der Waals surface area contributed by atoms with E-state index in [2.05, 4.69) is 25.3 Å². The Bertz CT molecular complexity index is 1050. The predicted octanol–water partition coefficient (Wildman–Crippen LogP) is 2.93. The average Bonchev–Trinajstić information content (AvgIpc) is 3.22. The maximum absolute atomic E-state index is 13.0. The smallest absolute Gasteiger partial charge is 0.338 e. The number of aromatic nitrogens is 2. The van der Waals surface area contributed by atoms with Crippen molar-refractivity contribution in [2.75, 3.05) is 11.5 Å². The Hall–Kier alpha value is -3.78. The molecule has 0 bridgehead atoms. The summed E-state index contributed by atoms with van der Waals surface area (Å²) in [6, 6.07) is 4.60. The lowest BCUT2D eigenvalue weighted by molar-refractivity contribution is -0.125. The Balaban J connectivity index is 1.96. The summed E-state index contributed by atoms with van der Waals surface area (Å²) in [5.74, 6) is -1.93. The van der Waals surface area contributed by atoms with Crippen molar-refractivity contribution >= 4 is 39.9 Å². The summed E-state index contributed by atoms with van der Waals surface area (Å²) >= 11 is 1.13. The molecule has 1 atom stereocenters. The van der Waals surface area contributed by atoms with Crippen LogP contribution in [0, 0.1) is 6.57 Å². The van der Waals surface area contributed by atoms with Crippen molar-refractivity contribution in [2.24, 2.45) is 10.2 Å². The highest BCUT2D eigenvalue weighted by atomic mass is 32.1. The summed E-state index contributed by atoms with van der Waals surface area (Å²) in [7, 11) is 0. The van der Waals surface area contributed by atoms with Gasteiger partial charge in [0.2, 0.25) is 0 Å². The van der Waals surface area contributed by atoms with E-state index in [1.807, 2.05) is 0 Å².